The van der Waals surface area contributed by atoms with Crippen LogP contribution in [0.5, 0.6) is 0 Å². The largest absolute Gasteiger partial charge is 0.416 e. The van der Waals surface area contributed by atoms with E-state index in [2.05, 4.69) is 10.3 Å². The minimum Gasteiger partial charge on any atom is -0.395 e. The van der Waals surface area contributed by atoms with Gasteiger partial charge in [0.15, 0.2) is 5.82 Å². The van der Waals surface area contributed by atoms with Crippen LogP contribution in [0.25, 0.3) is 0 Å². The molecule has 1 amide bonds. The van der Waals surface area contributed by atoms with Crippen LogP contribution in [0, 0.1) is 0 Å². The maximum atomic E-state index is 12.7. The number of benzene rings is 2. The number of alkyl halides is 3. The van der Waals surface area contributed by atoms with Gasteiger partial charge >= 0.3 is 6.18 Å². The van der Waals surface area contributed by atoms with Crippen molar-refractivity contribution in [1.29, 1.82) is 0 Å². The van der Waals surface area contributed by atoms with Gasteiger partial charge in [0.05, 0.1) is 27.9 Å². The summed E-state index contributed by atoms with van der Waals surface area (Å²) in [7, 11) is 0. The van der Waals surface area contributed by atoms with E-state index in [9.17, 15) is 23.1 Å². The summed E-state index contributed by atoms with van der Waals surface area (Å²) in [6, 6.07) is 11.9. The van der Waals surface area contributed by atoms with Crippen molar-refractivity contribution >= 4 is 46.3 Å². The lowest BCUT2D eigenvalue weighted by atomic mass is 10.1. The molecule has 31 heavy (non-hydrogen) atoms. The number of anilines is 3. The van der Waals surface area contributed by atoms with Crippen LogP contribution in [0.2, 0.25) is 10.0 Å². The number of amides is 1. The number of aliphatic hydroxyl groups is 1. The van der Waals surface area contributed by atoms with E-state index in [-0.39, 0.29) is 24.4 Å². The summed E-state index contributed by atoms with van der Waals surface area (Å²) in [5.74, 6) is -0.200. The molecule has 1 heterocycles. The van der Waals surface area contributed by atoms with E-state index in [1.807, 2.05) is 0 Å². The van der Waals surface area contributed by atoms with Gasteiger partial charge < -0.3 is 15.3 Å². The Hall–Kier alpha value is -2.81. The van der Waals surface area contributed by atoms with E-state index in [1.54, 1.807) is 17.0 Å². The third-order valence-electron chi connectivity index (χ3n) is 4.29. The number of pyridine rings is 1. The molecule has 0 aliphatic carbocycles. The minimum absolute atomic E-state index is 0.112. The van der Waals surface area contributed by atoms with Gasteiger partial charge in [-0.05, 0) is 54.6 Å². The Morgan fingerprint density at radius 2 is 1.77 bits per heavy atom. The highest BCUT2D eigenvalue weighted by Crippen LogP contribution is 2.35. The highest BCUT2D eigenvalue weighted by molar-refractivity contribution is 6.35. The van der Waals surface area contributed by atoms with Gasteiger partial charge in [-0.3, -0.25) is 4.79 Å². The molecule has 3 aromatic rings. The van der Waals surface area contributed by atoms with Crippen LogP contribution in [0.1, 0.15) is 15.9 Å². The first kappa shape index (κ1) is 22.9. The molecule has 3 rings (SSSR count). The minimum atomic E-state index is -4.46. The number of aliphatic hydroxyl groups excluding tert-OH is 1. The summed E-state index contributed by atoms with van der Waals surface area (Å²) in [4.78, 5) is 18.4. The van der Waals surface area contributed by atoms with Crippen LogP contribution in [0.3, 0.4) is 0 Å². The molecule has 0 bridgehead atoms. The molecule has 0 aliphatic rings. The van der Waals surface area contributed by atoms with Crippen molar-refractivity contribution in [2.24, 2.45) is 0 Å². The third kappa shape index (κ3) is 5.46. The Labute approximate surface area is 186 Å². The average Bonchev–Trinajstić information content (AvgIpc) is 2.73. The number of carbonyl (C=O) groups excluding carboxylic acids is 1. The Balaban J connectivity index is 1.89. The number of rotatable bonds is 6. The smallest absolute Gasteiger partial charge is 0.395 e. The van der Waals surface area contributed by atoms with Crippen molar-refractivity contribution < 1.29 is 23.1 Å². The van der Waals surface area contributed by atoms with Crippen molar-refractivity contribution in [2.75, 3.05) is 23.4 Å². The van der Waals surface area contributed by atoms with Gasteiger partial charge in [-0.15, -0.1) is 0 Å². The second-order valence-corrected chi connectivity index (χ2v) is 7.19. The maximum Gasteiger partial charge on any atom is 0.416 e. The summed E-state index contributed by atoms with van der Waals surface area (Å²) in [6.07, 6.45) is -2.93. The molecule has 0 aliphatic heterocycles. The summed E-state index contributed by atoms with van der Waals surface area (Å²) >= 11 is 12.5. The molecule has 0 radical (unpaired) electrons. The standard InChI is InChI=1S/C21H16Cl2F3N3O2/c22-16-8-3-13(20(31)28-15-6-4-14(5-7-15)21(24,25)26)12-18(16)29(10-11-30)19-17(23)2-1-9-27-19/h1-9,12,30H,10-11H2,(H,28,31). The first-order valence-corrected chi connectivity index (χ1v) is 9.73. The predicted molar refractivity (Wildman–Crippen MR) is 114 cm³/mol. The fourth-order valence-electron chi connectivity index (χ4n) is 2.82. The zero-order valence-corrected chi connectivity index (χ0v) is 17.3. The van der Waals surface area contributed by atoms with E-state index in [4.69, 9.17) is 23.2 Å². The molecule has 0 atom stereocenters. The van der Waals surface area contributed by atoms with Gasteiger partial charge in [0, 0.05) is 24.0 Å². The predicted octanol–water partition coefficient (Wildman–Crippen LogP) is 5.79. The van der Waals surface area contributed by atoms with Gasteiger partial charge in [0.2, 0.25) is 0 Å². The number of hydrogen-bond donors (Lipinski definition) is 2. The normalized spacial score (nSPS) is 11.3. The fraction of sp³-hybridized carbons (Fsp3) is 0.143. The zero-order valence-electron chi connectivity index (χ0n) is 15.8. The number of nitrogens with one attached hydrogen (secondary N) is 1. The molecule has 0 saturated heterocycles. The van der Waals surface area contributed by atoms with Crippen molar-refractivity contribution in [3.8, 4) is 0 Å². The number of hydrogen-bond acceptors (Lipinski definition) is 4. The van der Waals surface area contributed by atoms with Crippen LogP contribution in [-0.2, 0) is 6.18 Å². The fourth-order valence-corrected chi connectivity index (χ4v) is 3.27. The second-order valence-electron chi connectivity index (χ2n) is 6.38. The van der Waals surface area contributed by atoms with Crippen LogP contribution >= 0.6 is 23.2 Å². The maximum absolute atomic E-state index is 12.7. The van der Waals surface area contributed by atoms with Crippen LogP contribution < -0.4 is 10.2 Å². The van der Waals surface area contributed by atoms with Gasteiger partial charge in [-0.2, -0.15) is 13.2 Å². The Bertz CT molecular complexity index is 1080. The van der Waals surface area contributed by atoms with E-state index in [1.165, 1.54) is 36.5 Å². The number of carbonyl (C=O) groups is 1. The summed E-state index contributed by atoms with van der Waals surface area (Å²) < 4.78 is 38.1. The molecule has 5 nitrogen and oxygen atoms in total. The highest BCUT2D eigenvalue weighted by atomic mass is 35.5. The molecule has 0 fully saturated rings. The molecular weight excluding hydrogens is 454 g/mol. The molecule has 0 spiro atoms. The Morgan fingerprint density at radius 3 is 2.39 bits per heavy atom. The topological polar surface area (TPSA) is 65.5 Å². The monoisotopic (exact) mass is 469 g/mol. The molecule has 1 aromatic heterocycles. The molecule has 0 saturated carbocycles. The molecule has 0 unspecified atom stereocenters. The number of nitrogens with zero attached hydrogens (tertiary/aromatic N) is 2. The molecule has 162 valence electrons. The van der Waals surface area contributed by atoms with Gasteiger partial charge in [-0.1, -0.05) is 23.2 Å². The third-order valence-corrected chi connectivity index (χ3v) is 4.90. The number of aromatic nitrogens is 1. The average molecular weight is 470 g/mol. The van der Waals surface area contributed by atoms with Crippen molar-refractivity contribution in [3.05, 3.63) is 82.0 Å². The molecule has 10 heteroatoms. The summed E-state index contributed by atoms with van der Waals surface area (Å²) in [5.41, 5.74) is -0.0219. The quantitative estimate of drug-likeness (QED) is 0.479. The SMILES string of the molecule is O=C(Nc1ccc(C(F)(F)F)cc1)c1ccc(Cl)c(N(CCO)c2ncccc2Cl)c1. The van der Waals surface area contributed by atoms with Crippen molar-refractivity contribution in [2.45, 2.75) is 6.18 Å². The van der Waals surface area contributed by atoms with Crippen LogP contribution in [0.4, 0.5) is 30.4 Å². The molecular formula is C21H16Cl2F3N3O2. The molecule has 2 N–H and O–H groups in total. The zero-order chi connectivity index (χ0) is 22.6. The van der Waals surface area contributed by atoms with E-state index < -0.39 is 17.6 Å². The molecule has 2 aromatic carbocycles. The second kappa shape index (κ2) is 9.55. The Kier molecular flexibility index (Phi) is 7.04. The first-order chi connectivity index (χ1) is 14.7. The van der Waals surface area contributed by atoms with E-state index in [0.717, 1.165) is 12.1 Å². The van der Waals surface area contributed by atoms with Gasteiger partial charge in [-0.25, -0.2) is 4.98 Å². The van der Waals surface area contributed by atoms with Crippen LogP contribution in [-0.4, -0.2) is 29.1 Å². The van der Waals surface area contributed by atoms with Crippen molar-refractivity contribution in [3.63, 3.8) is 0 Å². The summed E-state index contributed by atoms with van der Waals surface area (Å²) in [5, 5.41) is 12.6. The van der Waals surface area contributed by atoms with Gasteiger partial charge in [0.1, 0.15) is 0 Å². The number of halogens is 5. The van der Waals surface area contributed by atoms with Crippen LogP contribution in [0.15, 0.2) is 60.8 Å². The van der Waals surface area contributed by atoms with E-state index >= 15 is 0 Å². The highest BCUT2D eigenvalue weighted by Gasteiger charge is 2.30. The Morgan fingerprint density at radius 1 is 1.06 bits per heavy atom. The van der Waals surface area contributed by atoms with Gasteiger partial charge in [0.25, 0.3) is 5.91 Å². The lowest BCUT2D eigenvalue weighted by molar-refractivity contribution is -0.137. The lowest BCUT2D eigenvalue weighted by Gasteiger charge is -2.25. The first-order valence-electron chi connectivity index (χ1n) is 8.98. The van der Waals surface area contributed by atoms with Crippen molar-refractivity contribution in [1.82, 2.24) is 4.98 Å². The summed E-state index contributed by atoms with van der Waals surface area (Å²) in [6.45, 7) is -0.119. The lowest BCUT2D eigenvalue weighted by Crippen LogP contribution is -2.23. The van der Waals surface area contributed by atoms with E-state index in [0.29, 0.717) is 21.6 Å².